The fourth-order valence-corrected chi connectivity index (χ4v) is 2.78. The van der Waals surface area contributed by atoms with Crippen LogP contribution in [0.4, 0.5) is 0 Å². The number of methoxy groups -OCH3 is 1. The third-order valence-electron chi connectivity index (χ3n) is 4.35. The molecule has 1 aromatic heterocycles. The van der Waals surface area contributed by atoms with Crippen LogP contribution in [0.2, 0.25) is 0 Å². The molecule has 3 rings (SSSR count). The smallest absolute Gasteiger partial charge is 0.311 e. The minimum absolute atomic E-state index is 0.187. The lowest BCUT2D eigenvalue weighted by Crippen LogP contribution is -2.38. The molecule has 6 nitrogen and oxygen atoms in total. The van der Waals surface area contributed by atoms with Crippen LogP contribution in [0, 0.1) is 0 Å². The second-order valence-corrected chi connectivity index (χ2v) is 6.12. The van der Waals surface area contributed by atoms with Crippen molar-refractivity contribution in [3.05, 3.63) is 48.3 Å². The molecule has 1 aliphatic heterocycles. The molecule has 1 aliphatic rings. The van der Waals surface area contributed by atoms with Crippen LogP contribution in [-0.4, -0.2) is 67.3 Å². The molecule has 166 valence electrons. The van der Waals surface area contributed by atoms with Crippen molar-refractivity contribution >= 4 is 28.6 Å². The zero-order chi connectivity index (χ0) is 22.2. The molecule has 7 heteroatoms. The van der Waals surface area contributed by atoms with E-state index >= 15 is 0 Å². The number of morpholine rings is 1. The number of ether oxygens (including phenoxy) is 3. The highest BCUT2D eigenvalue weighted by atomic mass is 127. The Morgan fingerprint density at radius 1 is 1.07 bits per heavy atom. The standard InChI is InChI=1S/C20H24N2O4.C2H6.CH3I/c1-24-20(23)14-18-5-2-17(15-21-18)16-3-6-19(7-4-16)26-13-10-22-8-11-25-12-9-22;2*1-2/h2-7,15H,8-14H2,1H3;1-2H3;1H3. The van der Waals surface area contributed by atoms with E-state index in [4.69, 9.17) is 9.47 Å². The molecule has 0 unspecified atom stereocenters. The first-order chi connectivity index (χ1) is 14.7. The highest BCUT2D eigenvalue weighted by molar-refractivity contribution is 14.1. The average Bonchev–Trinajstić information content (AvgIpc) is 2.83. The van der Waals surface area contributed by atoms with Gasteiger partial charge in [-0.1, -0.05) is 54.6 Å². The maximum absolute atomic E-state index is 11.3. The number of hydrogen-bond donors (Lipinski definition) is 0. The lowest BCUT2D eigenvalue weighted by Gasteiger charge is -2.26. The van der Waals surface area contributed by atoms with E-state index in [2.05, 4.69) is 37.2 Å². The molecule has 2 heterocycles. The number of nitrogens with zero attached hydrogens (tertiary/aromatic N) is 2. The fourth-order valence-electron chi connectivity index (χ4n) is 2.78. The monoisotopic (exact) mass is 528 g/mol. The Bertz CT molecular complexity index is 702. The first-order valence-electron chi connectivity index (χ1n) is 10.2. The maximum atomic E-state index is 11.3. The molecule has 1 aromatic carbocycles. The van der Waals surface area contributed by atoms with Gasteiger partial charge in [-0.3, -0.25) is 14.7 Å². The van der Waals surface area contributed by atoms with Crippen molar-refractivity contribution in [2.45, 2.75) is 20.3 Å². The predicted octanol–water partition coefficient (Wildman–Crippen LogP) is 4.25. The van der Waals surface area contributed by atoms with Gasteiger partial charge >= 0.3 is 5.97 Å². The summed E-state index contributed by atoms with van der Waals surface area (Å²) in [5, 5.41) is 0. The van der Waals surface area contributed by atoms with Gasteiger partial charge in [-0.25, -0.2) is 0 Å². The quantitative estimate of drug-likeness (QED) is 0.304. The molecule has 1 saturated heterocycles. The van der Waals surface area contributed by atoms with Crippen molar-refractivity contribution in [3.63, 3.8) is 0 Å². The van der Waals surface area contributed by atoms with Gasteiger partial charge in [0.1, 0.15) is 12.4 Å². The molecule has 30 heavy (non-hydrogen) atoms. The van der Waals surface area contributed by atoms with Gasteiger partial charge in [-0.2, -0.15) is 0 Å². The maximum Gasteiger partial charge on any atom is 0.311 e. The number of aromatic nitrogens is 1. The summed E-state index contributed by atoms with van der Waals surface area (Å²) in [6.45, 7) is 9.14. The van der Waals surface area contributed by atoms with Gasteiger partial charge in [-0.15, -0.1) is 0 Å². The number of carbonyl (C=O) groups excluding carboxylic acids is 1. The number of halogens is 1. The zero-order valence-corrected chi connectivity index (χ0v) is 20.6. The molecular formula is C23H33IN2O4. The fraction of sp³-hybridized carbons (Fsp3) is 0.478. The van der Waals surface area contributed by atoms with E-state index in [0.29, 0.717) is 12.3 Å². The third-order valence-corrected chi connectivity index (χ3v) is 4.35. The summed E-state index contributed by atoms with van der Waals surface area (Å²) in [5.74, 6) is 0.570. The van der Waals surface area contributed by atoms with E-state index in [1.165, 1.54) is 7.11 Å². The second-order valence-electron chi connectivity index (χ2n) is 6.12. The van der Waals surface area contributed by atoms with Gasteiger partial charge in [0, 0.05) is 31.4 Å². The van der Waals surface area contributed by atoms with Crippen molar-refractivity contribution < 1.29 is 19.0 Å². The summed E-state index contributed by atoms with van der Waals surface area (Å²) in [7, 11) is 1.38. The van der Waals surface area contributed by atoms with Crippen molar-refractivity contribution in [1.29, 1.82) is 0 Å². The normalized spacial score (nSPS) is 13.2. The molecule has 0 spiro atoms. The predicted molar refractivity (Wildman–Crippen MR) is 129 cm³/mol. The number of benzene rings is 1. The largest absolute Gasteiger partial charge is 0.492 e. The van der Waals surface area contributed by atoms with Gasteiger partial charge in [-0.05, 0) is 28.7 Å². The SMILES string of the molecule is CC.CI.COC(=O)Cc1ccc(-c2ccc(OCCN3CCOCC3)cc2)cn1. The molecule has 0 radical (unpaired) electrons. The molecule has 1 fully saturated rings. The van der Waals surface area contributed by atoms with Crippen LogP contribution in [0.15, 0.2) is 42.6 Å². The minimum atomic E-state index is -0.288. The highest BCUT2D eigenvalue weighted by Crippen LogP contribution is 2.22. The van der Waals surface area contributed by atoms with Crippen molar-refractivity contribution in [2.24, 2.45) is 0 Å². The van der Waals surface area contributed by atoms with Crippen molar-refractivity contribution in [3.8, 4) is 16.9 Å². The average molecular weight is 528 g/mol. The van der Waals surface area contributed by atoms with Crippen LogP contribution >= 0.6 is 22.6 Å². The number of rotatable bonds is 7. The molecule has 0 amide bonds. The Labute approximate surface area is 194 Å². The summed E-state index contributed by atoms with van der Waals surface area (Å²) >= 11 is 2.15. The van der Waals surface area contributed by atoms with E-state index in [1.807, 2.05) is 55.2 Å². The number of esters is 1. The van der Waals surface area contributed by atoms with Gasteiger partial charge < -0.3 is 14.2 Å². The summed E-state index contributed by atoms with van der Waals surface area (Å²) in [6, 6.07) is 11.8. The van der Waals surface area contributed by atoms with Gasteiger partial charge in [0.15, 0.2) is 0 Å². The van der Waals surface area contributed by atoms with Gasteiger partial charge in [0.2, 0.25) is 0 Å². The van der Waals surface area contributed by atoms with E-state index in [-0.39, 0.29) is 12.4 Å². The van der Waals surface area contributed by atoms with Crippen LogP contribution in [0.25, 0.3) is 11.1 Å². The topological polar surface area (TPSA) is 60.9 Å². The first-order valence-corrected chi connectivity index (χ1v) is 12.3. The van der Waals surface area contributed by atoms with Crippen LogP contribution in [-0.2, 0) is 20.7 Å². The highest BCUT2D eigenvalue weighted by Gasteiger charge is 2.10. The summed E-state index contributed by atoms with van der Waals surface area (Å²) in [4.78, 5) is 19.9. The Hall–Kier alpha value is -1.71. The Morgan fingerprint density at radius 3 is 2.27 bits per heavy atom. The zero-order valence-electron chi connectivity index (χ0n) is 18.4. The van der Waals surface area contributed by atoms with Crippen molar-refractivity contribution in [1.82, 2.24) is 9.88 Å². The van der Waals surface area contributed by atoms with Crippen LogP contribution in [0.1, 0.15) is 19.5 Å². The lowest BCUT2D eigenvalue weighted by atomic mass is 10.1. The van der Waals surface area contributed by atoms with Crippen LogP contribution in [0.5, 0.6) is 5.75 Å². The second kappa shape index (κ2) is 16.0. The lowest BCUT2D eigenvalue weighted by molar-refractivity contribution is -0.139. The molecule has 0 aliphatic carbocycles. The number of carbonyl (C=O) groups is 1. The molecular weight excluding hydrogens is 495 g/mol. The Kier molecular flexibility index (Phi) is 14.1. The van der Waals surface area contributed by atoms with E-state index in [1.54, 1.807) is 6.20 Å². The van der Waals surface area contributed by atoms with E-state index in [0.717, 1.165) is 49.7 Å². The van der Waals surface area contributed by atoms with E-state index < -0.39 is 0 Å². The first kappa shape index (κ1) is 26.3. The molecule has 0 bridgehead atoms. The third kappa shape index (κ3) is 9.40. The number of alkyl halides is 1. The molecule has 0 N–H and O–H groups in total. The summed E-state index contributed by atoms with van der Waals surface area (Å²) < 4.78 is 15.8. The molecule has 0 atom stereocenters. The minimum Gasteiger partial charge on any atom is -0.492 e. The van der Waals surface area contributed by atoms with Crippen LogP contribution < -0.4 is 4.74 Å². The number of pyridine rings is 1. The van der Waals surface area contributed by atoms with Crippen LogP contribution in [0.3, 0.4) is 0 Å². The molecule has 0 saturated carbocycles. The van der Waals surface area contributed by atoms with Gasteiger partial charge in [0.05, 0.1) is 32.4 Å². The number of hydrogen-bond acceptors (Lipinski definition) is 6. The Morgan fingerprint density at radius 2 is 1.70 bits per heavy atom. The van der Waals surface area contributed by atoms with Gasteiger partial charge in [0.25, 0.3) is 0 Å². The Balaban J connectivity index is 0.00000106. The molecule has 2 aromatic rings. The van der Waals surface area contributed by atoms with E-state index in [9.17, 15) is 4.79 Å². The van der Waals surface area contributed by atoms with Crippen molar-refractivity contribution in [2.75, 3.05) is 51.5 Å². The summed E-state index contributed by atoms with van der Waals surface area (Å²) in [6.07, 6.45) is 1.96. The summed E-state index contributed by atoms with van der Waals surface area (Å²) in [5.41, 5.74) is 2.75.